The van der Waals surface area contributed by atoms with E-state index in [1.54, 1.807) is 0 Å². The summed E-state index contributed by atoms with van der Waals surface area (Å²) >= 11 is 0. The smallest absolute Gasteiger partial charge is 0.103 e. The van der Waals surface area contributed by atoms with Crippen molar-refractivity contribution in [3.8, 4) is 0 Å². The molecule has 0 saturated carbocycles. The highest BCUT2D eigenvalue weighted by molar-refractivity contribution is 5.46. The lowest BCUT2D eigenvalue weighted by atomic mass is 10.3. The van der Waals surface area contributed by atoms with Gasteiger partial charge in [-0.25, -0.2) is 0 Å². The lowest BCUT2D eigenvalue weighted by Crippen LogP contribution is -2.33. The van der Waals surface area contributed by atoms with E-state index in [9.17, 15) is 0 Å². The lowest BCUT2D eigenvalue weighted by Gasteiger charge is -2.28. The normalized spacial score (nSPS) is 17.8. The first-order valence-electron chi connectivity index (χ1n) is 4.20. The quantitative estimate of drug-likeness (QED) is 0.623. The number of morpholine rings is 1. The number of anilines is 1. The molecule has 0 aliphatic carbocycles. The van der Waals surface area contributed by atoms with Crippen LogP contribution in [0.15, 0.2) is 30.3 Å². The second-order valence-electron chi connectivity index (χ2n) is 2.82. The van der Waals surface area contributed by atoms with E-state index in [4.69, 9.17) is 4.74 Å². The predicted octanol–water partition coefficient (Wildman–Crippen LogP) is 1.68. The van der Waals surface area contributed by atoms with Crippen LogP contribution in [0.4, 0.5) is 5.69 Å². The highest BCUT2D eigenvalue weighted by atomic mass is 16.5. The largest absolute Gasteiger partial charge is 0.372 e. The number of para-hydroxylation sites is 1. The van der Waals surface area contributed by atoms with Gasteiger partial charge in [-0.2, -0.15) is 0 Å². The highest BCUT2D eigenvalue weighted by Gasteiger charge is 2.09. The molecule has 0 atom stereocenters. The van der Waals surface area contributed by atoms with Crippen molar-refractivity contribution in [2.45, 2.75) is 0 Å². The highest BCUT2D eigenvalue weighted by Crippen LogP contribution is 2.14. The molecule has 0 N–H and O–H groups in total. The first-order valence-corrected chi connectivity index (χ1v) is 4.20. The molecule has 0 bridgehead atoms. The molecular formula is C10H12NO. The molecule has 1 heterocycles. The Bertz CT molecular complexity index is 229. The molecule has 63 valence electrons. The zero-order valence-corrected chi connectivity index (χ0v) is 6.94. The second kappa shape index (κ2) is 3.59. The summed E-state index contributed by atoms with van der Waals surface area (Å²) < 4.78 is 5.15. The molecule has 0 aromatic heterocycles. The number of hydrogen-bond acceptors (Lipinski definition) is 2. The van der Waals surface area contributed by atoms with Crippen molar-refractivity contribution >= 4 is 5.69 Å². The van der Waals surface area contributed by atoms with Crippen LogP contribution in [0.2, 0.25) is 0 Å². The third-order valence-electron chi connectivity index (χ3n) is 2.01. The zero-order chi connectivity index (χ0) is 8.23. The van der Waals surface area contributed by atoms with Crippen LogP contribution >= 0.6 is 0 Å². The van der Waals surface area contributed by atoms with E-state index in [0.29, 0.717) is 0 Å². The van der Waals surface area contributed by atoms with E-state index in [2.05, 4.69) is 29.2 Å². The van der Waals surface area contributed by atoms with Gasteiger partial charge in [-0.05, 0) is 12.1 Å². The summed E-state index contributed by atoms with van der Waals surface area (Å²) in [7, 11) is 0. The van der Waals surface area contributed by atoms with Crippen molar-refractivity contribution in [1.29, 1.82) is 0 Å². The van der Waals surface area contributed by atoms with Crippen LogP contribution in [0.5, 0.6) is 0 Å². The molecule has 0 unspecified atom stereocenters. The molecule has 0 spiro atoms. The molecule has 1 fully saturated rings. The first kappa shape index (κ1) is 7.62. The standard InChI is InChI=1S/C10H12NO/c1-2-4-10(5-3-1)11-6-8-12-9-7-11/h1-5,8H,6-7,9H2. The Labute approximate surface area is 72.8 Å². The molecule has 1 aromatic rings. The minimum atomic E-state index is 0.800. The van der Waals surface area contributed by atoms with E-state index < -0.39 is 0 Å². The monoisotopic (exact) mass is 162 g/mol. The molecular weight excluding hydrogens is 150 g/mol. The van der Waals surface area contributed by atoms with E-state index in [-0.39, 0.29) is 0 Å². The van der Waals surface area contributed by atoms with Crippen LogP contribution in [-0.4, -0.2) is 19.7 Å². The number of nitrogens with zero attached hydrogens (tertiary/aromatic N) is 1. The summed E-state index contributed by atoms with van der Waals surface area (Å²) in [6, 6.07) is 10.4. The Morgan fingerprint density at radius 3 is 2.67 bits per heavy atom. The Morgan fingerprint density at radius 2 is 2.00 bits per heavy atom. The van der Waals surface area contributed by atoms with E-state index in [1.165, 1.54) is 5.69 Å². The molecule has 1 saturated heterocycles. The van der Waals surface area contributed by atoms with Crippen LogP contribution < -0.4 is 4.90 Å². The van der Waals surface area contributed by atoms with Crippen LogP contribution in [0, 0.1) is 6.61 Å². The van der Waals surface area contributed by atoms with Gasteiger partial charge in [-0.1, -0.05) is 18.2 Å². The van der Waals surface area contributed by atoms with Crippen LogP contribution in [0.3, 0.4) is 0 Å². The fourth-order valence-electron chi connectivity index (χ4n) is 1.35. The Morgan fingerprint density at radius 1 is 1.17 bits per heavy atom. The van der Waals surface area contributed by atoms with E-state index >= 15 is 0 Å². The molecule has 12 heavy (non-hydrogen) atoms. The van der Waals surface area contributed by atoms with Gasteiger partial charge in [0.05, 0.1) is 6.61 Å². The average Bonchev–Trinajstić information content (AvgIpc) is 2.21. The summed E-state index contributed by atoms with van der Waals surface area (Å²) in [5, 5.41) is 0. The van der Waals surface area contributed by atoms with E-state index in [1.807, 2.05) is 12.7 Å². The van der Waals surface area contributed by atoms with Crippen LogP contribution in [0.1, 0.15) is 0 Å². The first-order chi connectivity index (χ1) is 5.97. The van der Waals surface area contributed by atoms with Crippen molar-refractivity contribution in [3.63, 3.8) is 0 Å². The Hall–Kier alpha value is -1.02. The van der Waals surface area contributed by atoms with E-state index in [0.717, 1.165) is 19.7 Å². The molecule has 2 rings (SSSR count). The SMILES string of the molecule is [CH]1CN(c2ccccc2)CCO1. The van der Waals surface area contributed by atoms with Gasteiger partial charge < -0.3 is 9.64 Å². The van der Waals surface area contributed by atoms with Crippen LogP contribution in [0.25, 0.3) is 0 Å². The van der Waals surface area contributed by atoms with Gasteiger partial charge in [-0.3, -0.25) is 0 Å². The second-order valence-corrected chi connectivity index (χ2v) is 2.82. The van der Waals surface area contributed by atoms with Gasteiger partial charge in [0.1, 0.15) is 6.61 Å². The minimum absolute atomic E-state index is 0.800. The summed E-state index contributed by atoms with van der Waals surface area (Å²) in [6.07, 6.45) is 0. The number of rotatable bonds is 1. The van der Waals surface area contributed by atoms with Crippen molar-refractivity contribution in [2.24, 2.45) is 0 Å². The number of benzene rings is 1. The van der Waals surface area contributed by atoms with Crippen molar-refractivity contribution < 1.29 is 4.74 Å². The minimum Gasteiger partial charge on any atom is -0.372 e. The molecule has 1 aliphatic rings. The average molecular weight is 162 g/mol. The third-order valence-corrected chi connectivity index (χ3v) is 2.01. The molecule has 2 heteroatoms. The molecule has 0 amide bonds. The predicted molar refractivity (Wildman–Crippen MR) is 48.9 cm³/mol. The molecule has 1 radical (unpaired) electrons. The summed E-state index contributed by atoms with van der Waals surface area (Å²) in [4.78, 5) is 2.30. The molecule has 1 aliphatic heterocycles. The third kappa shape index (κ3) is 1.59. The fraction of sp³-hybridized carbons (Fsp3) is 0.300. The molecule has 2 nitrogen and oxygen atoms in total. The Balaban J connectivity index is 2.08. The summed E-state index contributed by atoms with van der Waals surface area (Å²) in [6.45, 7) is 4.54. The fourth-order valence-corrected chi connectivity index (χ4v) is 1.35. The maximum Gasteiger partial charge on any atom is 0.103 e. The number of hydrogen-bond donors (Lipinski definition) is 0. The zero-order valence-electron chi connectivity index (χ0n) is 6.94. The van der Waals surface area contributed by atoms with Gasteiger partial charge in [0.2, 0.25) is 0 Å². The Kier molecular flexibility index (Phi) is 2.28. The van der Waals surface area contributed by atoms with Crippen molar-refractivity contribution in [2.75, 3.05) is 24.6 Å². The van der Waals surface area contributed by atoms with Crippen LogP contribution in [-0.2, 0) is 4.74 Å². The maximum absolute atomic E-state index is 5.15. The van der Waals surface area contributed by atoms with Gasteiger partial charge in [0.25, 0.3) is 0 Å². The van der Waals surface area contributed by atoms with Gasteiger partial charge in [0, 0.05) is 18.8 Å². The van der Waals surface area contributed by atoms with Gasteiger partial charge in [-0.15, -0.1) is 0 Å². The van der Waals surface area contributed by atoms with Crippen molar-refractivity contribution in [1.82, 2.24) is 0 Å². The van der Waals surface area contributed by atoms with Crippen molar-refractivity contribution in [3.05, 3.63) is 36.9 Å². The summed E-state index contributed by atoms with van der Waals surface area (Å²) in [5.41, 5.74) is 1.28. The maximum atomic E-state index is 5.15. The van der Waals surface area contributed by atoms with Gasteiger partial charge in [0.15, 0.2) is 0 Å². The number of ether oxygens (including phenoxy) is 1. The summed E-state index contributed by atoms with van der Waals surface area (Å²) in [5.74, 6) is 0. The molecule has 1 aromatic carbocycles. The lowest BCUT2D eigenvalue weighted by molar-refractivity contribution is 0.181. The van der Waals surface area contributed by atoms with Gasteiger partial charge >= 0.3 is 0 Å². The topological polar surface area (TPSA) is 12.5 Å².